The van der Waals surface area contributed by atoms with Gasteiger partial charge in [-0.2, -0.15) is 0 Å². The minimum absolute atomic E-state index is 0.687. The Kier molecular flexibility index (Phi) is 5.93. The van der Waals surface area contributed by atoms with E-state index in [4.69, 9.17) is 4.42 Å². The first-order valence-corrected chi connectivity index (χ1v) is 7.74. The van der Waals surface area contributed by atoms with Crippen LogP contribution in [-0.4, -0.2) is 24.5 Å². The molecule has 1 aliphatic heterocycles. The van der Waals surface area contributed by atoms with Crippen molar-refractivity contribution in [2.24, 2.45) is 5.92 Å². The third-order valence-electron chi connectivity index (χ3n) is 3.65. The Bertz CT molecular complexity index is 351. The molecule has 2 rings (SSSR count). The number of likely N-dealkylation sites (tertiary alicyclic amines) is 1. The van der Waals surface area contributed by atoms with Crippen molar-refractivity contribution in [3.8, 4) is 0 Å². The largest absolute Gasteiger partial charge is 0.463 e. The zero-order chi connectivity index (χ0) is 13.5. The van der Waals surface area contributed by atoms with Gasteiger partial charge in [-0.25, -0.2) is 0 Å². The van der Waals surface area contributed by atoms with E-state index in [9.17, 15) is 0 Å². The highest BCUT2D eigenvalue weighted by Gasteiger charge is 2.11. The van der Waals surface area contributed by atoms with E-state index in [0.717, 1.165) is 31.2 Å². The summed E-state index contributed by atoms with van der Waals surface area (Å²) in [7, 11) is 0. The van der Waals surface area contributed by atoms with Crippen LogP contribution in [0.2, 0.25) is 0 Å². The number of hydrogen-bond donors (Lipinski definition) is 1. The molecule has 1 fully saturated rings. The Labute approximate surface area is 117 Å². The molecule has 0 atom stereocenters. The fourth-order valence-corrected chi connectivity index (χ4v) is 2.60. The molecular formula is C16H28N2O. The monoisotopic (exact) mass is 264 g/mol. The number of furan rings is 1. The summed E-state index contributed by atoms with van der Waals surface area (Å²) in [5, 5.41) is 3.42. The van der Waals surface area contributed by atoms with E-state index in [0.29, 0.717) is 5.92 Å². The Morgan fingerprint density at radius 1 is 1.11 bits per heavy atom. The van der Waals surface area contributed by atoms with Crippen LogP contribution in [0.5, 0.6) is 0 Å². The Morgan fingerprint density at radius 3 is 2.47 bits per heavy atom. The summed E-state index contributed by atoms with van der Waals surface area (Å²) in [5.74, 6) is 2.86. The maximum absolute atomic E-state index is 5.90. The minimum Gasteiger partial charge on any atom is -0.463 e. The lowest BCUT2D eigenvalue weighted by atomic mass is 10.2. The number of rotatable bonds is 6. The highest BCUT2D eigenvalue weighted by Crippen LogP contribution is 2.15. The smallest absolute Gasteiger partial charge is 0.118 e. The molecule has 1 aliphatic rings. The predicted molar refractivity (Wildman–Crippen MR) is 79.0 cm³/mol. The van der Waals surface area contributed by atoms with Crippen LogP contribution in [0, 0.1) is 5.92 Å². The van der Waals surface area contributed by atoms with Gasteiger partial charge in [0.1, 0.15) is 11.5 Å². The van der Waals surface area contributed by atoms with Gasteiger partial charge in [0, 0.05) is 0 Å². The average molecular weight is 264 g/mol. The first-order valence-electron chi connectivity index (χ1n) is 7.74. The van der Waals surface area contributed by atoms with Crippen LogP contribution >= 0.6 is 0 Å². The second-order valence-corrected chi connectivity index (χ2v) is 6.08. The van der Waals surface area contributed by atoms with Crippen LogP contribution in [-0.2, 0) is 13.1 Å². The summed E-state index contributed by atoms with van der Waals surface area (Å²) in [6.07, 6.45) is 5.45. The van der Waals surface area contributed by atoms with Crippen molar-refractivity contribution < 1.29 is 4.42 Å². The number of nitrogens with one attached hydrogen (secondary N) is 1. The number of nitrogens with zero attached hydrogens (tertiary/aromatic N) is 1. The van der Waals surface area contributed by atoms with Crippen molar-refractivity contribution in [2.75, 3.05) is 19.6 Å². The maximum Gasteiger partial charge on any atom is 0.118 e. The summed E-state index contributed by atoms with van der Waals surface area (Å²) in [6, 6.07) is 4.25. The van der Waals surface area contributed by atoms with Gasteiger partial charge in [0.15, 0.2) is 0 Å². The molecule has 1 aromatic rings. The second kappa shape index (κ2) is 7.71. The van der Waals surface area contributed by atoms with Gasteiger partial charge in [0.2, 0.25) is 0 Å². The van der Waals surface area contributed by atoms with E-state index in [1.54, 1.807) is 0 Å². The van der Waals surface area contributed by atoms with Gasteiger partial charge in [-0.05, 0) is 50.5 Å². The van der Waals surface area contributed by atoms with Crippen molar-refractivity contribution in [2.45, 2.75) is 52.6 Å². The zero-order valence-corrected chi connectivity index (χ0v) is 12.5. The molecule has 0 radical (unpaired) electrons. The lowest BCUT2D eigenvalue weighted by Gasteiger charge is -2.17. The first-order chi connectivity index (χ1) is 9.24. The lowest BCUT2D eigenvalue weighted by Crippen LogP contribution is -2.23. The fourth-order valence-electron chi connectivity index (χ4n) is 2.60. The van der Waals surface area contributed by atoms with Gasteiger partial charge in [0.05, 0.1) is 13.1 Å². The van der Waals surface area contributed by atoms with Crippen LogP contribution in [0.3, 0.4) is 0 Å². The molecule has 0 aliphatic carbocycles. The van der Waals surface area contributed by atoms with E-state index in [1.807, 2.05) is 0 Å². The Hall–Kier alpha value is -0.800. The van der Waals surface area contributed by atoms with E-state index in [-0.39, 0.29) is 0 Å². The van der Waals surface area contributed by atoms with Crippen LogP contribution in [0.15, 0.2) is 16.5 Å². The van der Waals surface area contributed by atoms with Crippen molar-refractivity contribution >= 4 is 0 Å². The molecule has 0 bridgehead atoms. The van der Waals surface area contributed by atoms with Gasteiger partial charge < -0.3 is 9.73 Å². The third-order valence-corrected chi connectivity index (χ3v) is 3.65. The molecule has 1 saturated heterocycles. The maximum atomic E-state index is 5.90. The Morgan fingerprint density at radius 2 is 1.79 bits per heavy atom. The quantitative estimate of drug-likeness (QED) is 0.853. The fraction of sp³-hybridized carbons (Fsp3) is 0.750. The van der Waals surface area contributed by atoms with Gasteiger partial charge in [-0.1, -0.05) is 26.7 Å². The van der Waals surface area contributed by atoms with E-state index in [1.165, 1.54) is 38.8 Å². The normalized spacial score (nSPS) is 17.8. The van der Waals surface area contributed by atoms with Gasteiger partial charge in [0.25, 0.3) is 0 Å². The van der Waals surface area contributed by atoms with Crippen molar-refractivity contribution in [3.63, 3.8) is 0 Å². The topological polar surface area (TPSA) is 28.4 Å². The van der Waals surface area contributed by atoms with E-state index in [2.05, 4.69) is 36.2 Å². The standard InChI is InChI=1S/C16H28N2O/c1-14(2)11-17-12-15-7-8-16(19-15)13-18-9-5-3-4-6-10-18/h7-8,14,17H,3-6,9-13H2,1-2H3. The molecule has 1 aromatic heterocycles. The first kappa shape index (κ1) is 14.6. The second-order valence-electron chi connectivity index (χ2n) is 6.08. The Balaban J connectivity index is 1.76. The molecule has 0 amide bonds. The zero-order valence-electron chi connectivity index (χ0n) is 12.5. The summed E-state index contributed by atoms with van der Waals surface area (Å²) >= 11 is 0. The molecular weight excluding hydrogens is 236 g/mol. The average Bonchev–Trinajstić information content (AvgIpc) is 2.65. The van der Waals surface area contributed by atoms with E-state index < -0.39 is 0 Å². The summed E-state index contributed by atoms with van der Waals surface area (Å²) in [5.41, 5.74) is 0. The molecule has 3 nitrogen and oxygen atoms in total. The van der Waals surface area contributed by atoms with Gasteiger partial charge in [-0.15, -0.1) is 0 Å². The van der Waals surface area contributed by atoms with Gasteiger partial charge in [-0.3, -0.25) is 4.90 Å². The molecule has 2 heterocycles. The van der Waals surface area contributed by atoms with Crippen molar-refractivity contribution in [1.29, 1.82) is 0 Å². The number of hydrogen-bond acceptors (Lipinski definition) is 3. The minimum atomic E-state index is 0.687. The summed E-state index contributed by atoms with van der Waals surface area (Å²) in [6.45, 7) is 9.76. The van der Waals surface area contributed by atoms with Crippen LogP contribution in [0.4, 0.5) is 0 Å². The SMILES string of the molecule is CC(C)CNCc1ccc(CN2CCCCCC2)o1. The van der Waals surface area contributed by atoms with Crippen LogP contribution < -0.4 is 5.32 Å². The molecule has 3 heteroatoms. The molecule has 19 heavy (non-hydrogen) atoms. The molecule has 1 N–H and O–H groups in total. The lowest BCUT2D eigenvalue weighted by molar-refractivity contribution is 0.250. The molecule has 108 valence electrons. The molecule has 0 aromatic carbocycles. The van der Waals surface area contributed by atoms with Crippen molar-refractivity contribution in [1.82, 2.24) is 10.2 Å². The molecule has 0 unspecified atom stereocenters. The summed E-state index contributed by atoms with van der Waals surface area (Å²) < 4.78 is 5.90. The molecule has 0 spiro atoms. The van der Waals surface area contributed by atoms with Crippen molar-refractivity contribution in [3.05, 3.63) is 23.7 Å². The summed E-state index contributed by atoms with van der Waals surface area (Å²) in [4.78, 5) is 2.52. The molecule has 0 saturated carbocycles. The van der Waals surface area contributed by atoms with Crippen LogP contribution in [0.25, 0.3) is 0 Å². The highest BCUT2D eigenvalue weighted by atomic mass is 16.3. The van der Waals surface area contributed by atoms with Gasteiger partial charge >= 0.3 is 0 Å². The van der Waals surface area contributed by atoms with Crippen LogP contribution in [0.1, 0.15) is 51.1 Å². The third kappa shape index (κ3) is 5.37. The highest BCUT2D eigenvalue weighted by molar-refractivity contribution is 5.07. The van der Waals surface area contributed by atoms with E-state index >= 15 is 0 Å². The predicted octanol–water partition coefficient (Wildman–Crippen LogP) is 3.40.